The van der Waals surface area contributed by atoms with Crippen molar-refractivity contribution in [2.75, 3.05) is 18.0 Å². The van der Waals surface area contributed by atoms with Gasteiger partial charge in [0.05, 0.1) is 6.10 Å². The molecule has 5 heteroatoms. The molecule has 150 valence electrons. The van der Waals surface area contributed by atoms with E-state index in [2.05, 4.69) is 77.5 Å². The summed E-state index contributed by atoms with van der Waals surface area (Å²) in [6, 6.07) is 17.0. The van der Waals surface area contributed by atoms with Crippen molar-refractivity contribution < 1.29 is 5.11 Å². The van der Waals surface area contributed by atoms with Gasteiger partial charge in [0, 0.05) is 24.2 Å². The average molecular weight is 389 g/mol. The molecular formula is C24H28N4O. The van der Waals surface area contributed by atoms with Gasteiger partial charge < -0.3 is 10.0 Å². The molecule has 1 aliphatic heterocycles. The summed E-state index contributed by atoms with van der Waals surface area (Å²) < 4.78 is 0. The second-order valence-corrected chi connectivity index (χ2v) is 7.63. The molecule has 4 rings (SSSR count). The van der Waals surface area contributed by atoms with Crippen LogP contribution in [-0.4, -0.2) is 39.5 Å². The molecule has 1 saturated heterocycles. The van der Waals surface area contributed by atoms with Crippen LogP contribution < -0.4 is 4.90 Å². The lowest BCUT2D eigenvalue weighted by Crippen LogP contribution is -2.37. The molecule has 5 nitrogen and oxygen atoms in total. The highest BCUT2D eigenvalue weighted by atomic mass is 16.3. The van der Waals surface area contributed by atoms with Crippen molar-refractivity contribution in [3.63, 3.8) is 0 Å². The number of hydrogen-bond donors (Lipinski definition) is 1. The van der Waals surface area contributed by atoms with E-state index in [4.69, 9.17) is 4.98 Å². The third-order valence-electron chi connectivity index (χ3n) is 5.69. The van der Waals surface area contributed by atoms with Crippen LogP contribution in [0.5, 0.6) is 0 Å². The fourth-order valence-corrected chi connectivity index (χ4v) is 3.71. The molecule has 1 fully saturated rings. The molecule has 0 radical (unpaired) electrons. The Labute approximate surface area is 172 Å². The van der Waals surface area contributed by atoms with E-state index >= 15 is 0 Å². The summed E-state index contributed by atoms with van der Waals surface area (Å²) in [4.78, 5) is 7.06. The number of nitrogens with zero attached hydrogens (tertiary/aromatic N) is 4. The highest BCUT2D eigenvalue weighted by Gasteiger charge is 2.22. The predicted octanol–water partition coefficient (Wildman–Crippen LogP) is 4.29. The monoisotopic (exact) mass is 388 g/mol. The van der Waals surface area contributed by atoms with Gasteiger partial charge in [-0.15, -0.1) is 10.2 Å². The third kappa shape index (κ3) is 4.30. The van der Waals surface area contributed by atoms with Gasteiger partial charge in [0.15, 0.2) is 0 Å². The fraction of sp³-hybridized carbons (Fsp3) is 0.375. The van der Waals surface area contributed by atoms with Gasteiger partial charge in [0.1, 0.15) is 11.4 Å². The molecule has 0 spiro atoms. The van der Waals surface area contributed by atoms with Crippen molar-refractivity contribution in [1.82, 2.24) is 15.2 Å². The van der Waals surface area contributed by atoms with E-state index in [1.54, 1.807) is 0 Å². The number of rotatable bonds is 5. The Morgan fingerprint density at radius 3 is 1.83 bits per heavy atom. The Bertz CT molecular complexity index is 946. The van der Waals surface area contributed by atoms with Gasteiger partial charge in [-0.25, -0.2) is 4.98 Å². The highest BCUT2D eigenvalue weighted by molar-refractivity contribution is 5.78. The molecule has 0 atom stereocenters. The summed E-state index contributed by atoms with van der Waals surface area (Å²) in [6.45, 7) is 5.81. The standard InChI is InChI=1S/C24H28N4O/c1-3-17-5-9-19(10-6-17)22-23(20-11-7-18(4-2)8-12-20)26-27-24(25-22)28-15-13-21(29)14-16-28/h5-12,21,29H,3-4,13-16H2,1-2H3. The lowest BCUT2D eigenvalue weighted by molar-refractivity contribution is 0.145. The molecule has 2 heterocycles. The van der Waals surface area contributed by atoms with E-state index < -0.39 is 0 Å². The lowest BCUT2D eigenvalue weighted by Gasteiger charge is -2.29. The van der Waals surface area contributed by atoms with Crippen LogP contribution in [0.2, 0.25) is 0 Å². The van der Waals surface area contributed by atoms with Crippen LogP contribution in [0.15, 0.2) is 48.5 Å². The minimum absolute atomic E-state index is 0.225. The maximum atomic E-state index is 9.81. The first-order valence-electron chi connectivity index (χ1n) is 10.5. The van der Waals surface area contributed by atoms with Gasteiger partial charge >= 0.3 is 0 Å². The Morgan fingerprint density at radius 2 is 1.31 bits per heavy atom. The van der Waals surface area contributed by atoms with Crippen LogP contribution in [0.4, 0.5) is 5.95 Å². The molecule has 0 bridgehead atoms. The van der Waals surface area contributed by atoms with Crippen LogP contribution in [0.25, 0.3) is 22.5 Å². The molecule has 1 aliphatic rings. The number of aryl methyl sites for hydroxylation is 2. The molecular weight excluding hydrogens is 360 g/mol. The maximum absolute atomic E-state index is 9.81. The quantitative estimate of drug-likeness (QED) is 0.706. The van der Waals surface area contributed by atoms with E-state index in [-0.39, 0.29) is 6.10 Å². The van der Waals surface area contributed by atoms with Crippen LogP contribution >= 0.6 is 0 Å². The molecule has 0 aliphatic carbocycles. The van der Waals surface area contributed by atoms with E-state index in [9.17, 15) is 5.11 Å². The lowest BCUT2D eigenvalue weighted by atomic mass is 10.0. The van der Waals surface area contributed by atoms with Gasteiger partial charge in [-0.05, 0) is 36.8 Å². The van der Waals surface area contributed by atoms with E-state index in [1.807, 2.05) is 0 Å². The van der Waals surface area contributed by atoms with Crippen molar-refractivity contribution in [3.8, 4) is 22.5 Å². The summed E-state index contributed by atoms with van der Waals surface area (Å²) in [6.07, 6.45) is 3.27. The molecule has 0 amide bonds. The molecule has 1 aromatic heterocycles. The molecule has 2 aromatic carbocycles. The molecule has 0 unspecified atom stereocenters. The van der Waals surface area contributed by atoms with Gasteiger partial charge in [-0.2, -0.15) is 0 Å². The summed E-state index contributed by atoms with van der Waals surface area (Å²) in [5.41, 5.74) is 6.33. The van der Waals surface area contributed by atoms with Crippen LogP contribution in [0.3, 0.4) is 0 Å². The zero-order valence-electron chi connectivity index (χ0n) is 17.2. The normalized spacial score (nSPS) is 14.9. The maximum Gasteiger partial charge on any atom is 0.245 e. The number of aliphatic hydroxyl groups is 1. The number of aromatic nitrogens is 3. The largest absolute Gasteiger partial charge is 0.393 e. The van der Waals surface area contributed by atoms with Crippen LogP contribution in [0.1, 0.15) is 37.8 Å². The molecule has 0 saturated carbocycles. The fourth-order valence-electron chi connectivity index (χ4n) is 3.71. The molecule has 1 N–H and O–H groups in total. The zero-order chi connectivity index (χ0) is 20.2. The number of benzene rings is 2. The van der Waals surface area contributed by atoms with Crippen molar-refractivity contribution in [2.45, 2.75) is 45.6 Å². The minimum atomic E-state index is -0.225. The Kier molecular flexibility index (Phi) is 5.86. The first-order valence-corrected chi connectivity index (χ1v) is 10.5. The smallest absolute Gasteiger partial charge is 0.245 e. The molecule has 29 heavy (non-hydrogen) atoms. The van der Waals surface area contributed by atoms with Gasteiger partial charge in [-0.1, -0.05) is 62.4 Å². The average Bonchev–Trinajstić information content (AvgIpc) is 2.79. The van der Waals surface area contributed by atoms with E-state index in [0.29, 0.717) is 5.95 Å². The number of piperidine rings is 1. The van der Waals surface area contributed by atoms with E-state index in [1.165, 1.54) is 11.1 Å². The topological polar surface area (TPSA) is 62.1 Å². The second kappa shape index (κ2) is 8.70. The summed E-state index contributed by atoms with van der Waals surface area (Å²) in [5.74, 6) is 0.639. The van der Waals surface area contributed by atoms with Crippen molar-refractivity contribution in [1.29, 1.82) is 0 Å². The second-order valence-electron chi connectivity index (χ2n) is 7.63. The van der Waals surface area contributed by atoms with Crippen molar-refractivity contribution >= 4 is 5.95 Å². The molecule has 3 aromatic rings. The highest BCUT2D eigenvalue weighted by Crippen LogP contribution is 2.30. The van der Waals surface area contributed by atoms with Crippen molar-refractivity contribution in [2.24, 2.45) is 0 Å². The Hall–Kier alpha value is -2.79. The van der Waals surface area contributed by atoms with Gasteiger partial charge in [0.25, 0.3) is 0 Å². The first-order chi connectivity index (χ1) is 14.2. The minimum Gasteiger partial charge on any atom is -0.393 e. The number of hydrogen-bond acceptors (Lipinski definition) is 5. The SMILES string of the molecule is CCc1ccc(-c2nnc(N3CCC(O)CC3)nc2-c2ccc(CC)cc2)cc1. The van der Waals surface area contributed by atoms with Crippen molar-refractivity contribution in [3.05, 3.63) is 59.7 Å². The summed E-state index contributed by atoms with van der Waals surface area (Å²) in [5, 5.41) is 18.9. The van der Waals surface area contributed by atoms with Gasteiger partial charge in [-0.3, -0.25) is 0 Å². The zero-order valence-corrected chi connectivity index (χ0v) is 17.2. The van der Waals surface area contributed by atoms with Crippen LogP contribution in [-0.2, 0) is 12.8 Å². The number of aliphatic hydroxyl groups excluding tert-OH is 1. The Morgan fingerprint density at radius 1 is 0.793 bits per heavy atom. The van der Waals surface area contributed by atoms with E-state index in [0.717, 1.165) is 61.3 Å². The third-order valence-corrected chi connectivity index (χ3v) is 5.69. The summed E-state index contributed by atoms with van der Waals surface area (Å²) >= 11 is 0. The van der Waals surface area contributed by atoms with Crippen LogP contribution in [0, 0.1) is 0 Å². The Balaban J connectivity index is 1.76. The number of anilines is 1. The van der Waals surface area contributed by atoms with Gasteiger partial charge in [0.2, 0.25) is 5.95 Å². The predicted molar refractivity (Wildman–Crippen MR) is 117 cm³/mol. The summed E-state index contributed by atoms with van der Waals surface area (Å²) in [7, 11) is 0. The first kappa shape index (κ1) is 19.5.